The van der Waals surface area contributed by atoms with Crippen LogP contribution in [0.25, 0.3) is 11.3 Å². The van der Waals surface area contributed by atoms with Crippen molar-refractivity contribution in [2.24, 2.45) is 5.73 Å². The van der Waals surface area contributed by atoms with Gasteiger partial charge in [-0.1, -0.05) is 23.8 Å². The van der Waals surface area contributed by atoms with Crippen LogP contribution in [0.15, 0.2) is 30.3 Å². The number of hydrogen-bond donors (Lipinski definition) is 2. The summed E-state index contributed by atoms with van der Waals surface area (Å²) in [5.74, 6) is -0.283. The molecule has 0 aliphatic heterocycles. The zero-order valence-electron chi connectivity index (χ0n) is 10.9. The van der Waals surface area contributed by atoms with Gasteiger partial charge in [0.15, 0.2) is 10.8 Å². The monoisotopic (exact) mass is 312 g/mol. The zero-order valence-corrected chi connectivity index (χ0v) is 11.7. The molecule has 2 aromatic rings. The third-order valence-electron chi connectivity index (χ3n) is 2.57. The quantitative estimate of drug-likeness (QED) is 0.834. The predicted octanol–water partition coefficient (Wildman–Crippen LogP) is 3.13. The van der Waals surface area contributed by atoms with Crippen molar-refractivity contribution >= 4 is 23.3 Å². The van der Waals surface area contributed by atoms with Crippen LogP contribution < -0.4 is 11.1 Å². The lowest BCUT2D eigenvalue weighted by Crippen LogP contribution is -2.22. The number of halogens is 3. The number of nitrogens with two attached hydrogens (primary N) is 1. The Bertz CT molecular complexity index is 685. The van der Waals surface area contributed by atoms with Gasteiger partial charge in [0.2, 0.25) is 5.95 Å². The van der Waals surface area contributed by atoms with E-state index in [1.54, 1.807) is 18.2 Å². The number of rotatable bonds is 2. The van der Waals surface area contributed by atoms with Gasteiger partial charge >= 0.3 is 6.18 Å². The van der Waals surface area contributed by atoms with Crippen LogP contribution in [0, 0.1) is 6.92 Å². The van der Waals surface area contributed by atoms with Crippen LogP contribution in [0.3, 0.4) is 0 Å². The van der Waals surface area contributed by atoms with E-state index in [1.807, 2.05) is 13.0 Å². The van der Waals surface area contributed by atoms with Crippen molar-refractivity contribution in [2.45, 2.75) is 13.1 Å². The Morgan fingerprint density at radius 2 is 1.95 bits per heavy atom. The Morgan fingerprint density at radius 3 is 2.52 bits per heavy atom. The van der Waals surface area contributed by atoms with Crippen molar-refractivity contribution in [3.8, 4) is 11.3 Å². The molecule has 0 aliphatic carbocycles. The van der Waals surface area contributed by atoms with Gasteiger partial charge in [-0.3, -0.25) is 0 Å². The van der Waals surface area contributed by atoms with Gasteiger partial charge in [0.1, 0.15) is 0 Å². The van der Waals surface area contributed by atoms with E-state index < -0.39 is 11.9 Å². The molecule has 0 amide bonds. The molecule has 0 aliphatic rings. The van der Waals surface area contributed by atoms with Gasteiger partial charge in [-0.15, -0.1) is 0 Å². The molecule has 8 heteroatoms. The number of nitrogens with one attached hydrogen (secondary N) is 1. The van der Waals surface area contributed by atoms with Crippen molar-refractivity contribution in [1.29, 1.82) is 0 Å². The summed E-state index contributed by atoms with van der Waals surface area (Å²) in [6, 6.07) is 7.86. The van der Waals surface area contributed by atoms with E-state index >= 15 is 0 Å². The topological polar surface area (TPSA) is 63.8 Å². The Labute approximate surface area is 124 Å². The summed E-state index contributed by atoms with van der Waals surface area (Å²) >= 11 is 4.60. The molecule has 2 rings (SSSR count). The molecule has 0 radical (unpaired) electrons. The third-order valence-corrected chi connectivity index (χ3v) is 2.67. The largest absolute Gasteiger partial charge is 0.433 e. The summed E-state index contributed by atoms with van der Waals surface area (Å²) in [5, 5.41) is 2.12. The first-order valence-electron chi connectivity index (χ1n) is 5.85. The second-order valence-electron chi connectivity index (χ2n) is 4.32. The number of aromatic nitrogens is 2. The number of aryl methyl sites for hydroxylation is 1. The van der Waals surface area contributed by atoms with E-state index in [-0.39, 0.29) is 16.8 Å². The standard InChI is InChI=1S/C13H11F3N4S/c1-7-3-2-4-8(5-7)9-6-10(13(14,15)16)19-12(18-9)20-11(17)21/h2-6H,1H3,(H3,17,18,19,20,21). The van der Waals surface area contributed by atoms with Crippen LogP contribution in [-0.4, -0.2) is 15.1 Å². The molecule has 1 aromatic heterocycles. The van der Waals surface area contributed by atoms with Gasteiger partial charge in [-0.05, 0) is 31.3 Å². The van der Waals surface area contributed by atoms with Crippen molar-refractivity contribution in [3.63, 3.8) is 0 Å². The minimum absolute atomic E-state index is 0.139. The first-order chi connectivity index (χ1) is 9.75. The van der Waals surface area contributed by atoms with Crippen LogP contribution >= 0.6 is 12.2 Å². The molecule has 4 nitrogen and oxygen atoms in total. The molecule has 0 saturated heterocycles. The van der Waals surface area contributed by atoms with Crippen molar-refractivity contribution in [1.82, 2.24) is 9.97 Å². The summed E-state index contributed by atoms with van der Waals surface area (Å²) in [7, 11) is 0. The summed E-state index contributed by atoms with van der Waals surface area (Å²) < 4.78 is 38.7. The SMILES string of the molecule is Cc1cccc(-c2cc(C(F)(F)F)nc(NC(N)=S)n2)c1. The van der Waals surface area contributed by atoms with Crippen molar-refractivity contribution < 1.29 is 13.2 Å². The van der Waals surface area contributed by atoms with E-state index in [1.165, 1.54) is 0 Å². The molecule has 110 valence electrons. The van der Waals surface area contributed by atoms with Gasteiger partial charge in [-0.2, -0.15) is 13.2 Å². The number of benzene rings is 1. The highest BCUT2D eigenvalue weighted by Gasteiger charge is 2.33. The van der Waals surface area contributed by atoms with Crippen LogP contribution in [0.5, 0.6) is 0 Å². The fourth-order valence-corrected chi connectivity index (χ4v) is 1.80. The minimum atomic E-state index is -4.59. The fraction of sp³-hybridized carbons (Fsp3) is 0.154. The second-order valence-corrected chi connectivity index (χ2v) is 4.76. The Hall–Kier alpha value is -2.22. The van der Waals surface area contributed by atoms with Gasteiger partial charge in [0.25, 0.3) is 0 Å². The smallest absolute Gasteiger partial charge is 0.376 e. The summed E-state index contributed by atoms with van der Waals surface area (Å²) in [6.07, 6.45) is -4.59. The summed E-state index contributed by atoms with van der Waals surface area (Å²) in [6.45, 7) is 1.84. The first kappa shape index (κ1) is 15.2. The highest BCUT2D eigenvalue weighted by Crippen LogP contribution is 2.31. The number of alkyl halides is 3. The molecule has 1 heterocycles. The molecule has 0 spiro atoms. The average molecular weight is 312 g/mol. The summed E-state index contributed by atoms with van der Waals surface area (Å²) in [4.78, 5) is 7.39. The molecule has 0 bridgehead atoms. The van der Waals surface area contributed by atoms with Gasteiger partial charge in [0.05, 0.1) is 5.69 Å². The third kappa shape index (κ3) is 3.88. The van der Waals surface area contributed by atoms with E-state index in [0.29, 0.717) is 5.56 Å². The minimum Gasteiger partial charge on any atom is -0.376 e. The average Bonchev–Trinajstić information content (AvgIpc) is 2.36. The molecule has 0 atom stereocenters. The van der Waals surface area contributed by atoms with E-state index in [0.717, 1.165) is 11.6 Å². The molecule has 3 N–H and O–H groups in total. The van der Waals surface area contributed by atoms with Crippen molar-refractivity contribution in [2.75, 3.05) is 5.32 Å². The Morgan fingerprint density at radius 1 is 1.24 bits per heavy atom. The maximum atomic E-state index is 12.9. The van der Waals surface area contributed by atoms with Crippen LogP contribution in [0.4, 0.5) is 19.1 Å². The zero-order chi connectivity index (χ0) is 15.6. The molecule has 0 fully saturated rings. The van der Waals surface area contributed by atoms with E-state index in [4.69, 9.17) is 5.73 Å². The predicted molar refractivity (Wildman–Crippen MR) is 77.6 cm³/mol. The Balaban J connectivity index is 2.57. The van der Waals surface area contributed by atoms with E-state index in [2.05, 4.69) is 27.5 Å². The maximum Gasteiger partial charge on any atom is 0.433 e. The maximum absolute atomic E-state index is 12.9. The molecule has 1 aromatic carbocycles. The van der Waals surface area contributed by atoms with Crippen LogP contribution in [0.1, 0.15) is 11.3 Å². The van der Waals surface area contributed by atoms with Gasteiger partial charge in [0, 0.05) is 5.56 Å². The van der Waals surface area contributed by atoms with Gasteiger partial charge in [-0.25, -0.2) is 9.97 Å². The van der Waals surface area contributed by atoms with Gasteiger partial charge < -0.3 is 11.1 Å². The highest BCUT2D eigenvalue weighted by molar-refractivity contribution is 7.80. The molecule has 21 heavy (non-hydrogen) atoms. The lowest BCUT2D eigenvalue weighted by Gasteiger charge is -2.11. The normalized spacial score (nSPS) is 11.2. The Kier molecular flexibility index (Phi) is 4.08. The van der Waals surface area contributed by atoms with Crippen molar-refractivity contribution in [3.05, 3.63) is 41.6 Å². The van der Waals surface area contributed by atoms with E-state index in [9.17, 15) is 13.2 Å². The number of hydrogen-bond acceptors (Lipinski definition) is 3. The van der Waals surface area contributed by atoms with Crippen LogP contribution in [-0.2, 0) is 6.18 Å². The number of anilines is 1. The molecular weight excluding hydrogens is 301 g/mol. The molecule has 0 unspecified atom stereocenters. The molecular formula is C13H11F3N4S. The van der Waals surface area contributed by atoms with Crippen LogP contribution in [0.2, 0.25) is 0 Å². The molecule has 0 saturated carbocycles. The highest BCUT2D eigenvalue weighted by atomic mass is 32.1. The second kappa shape index (κ2) is 5.65. The summed E-state index contributed by atoms with van der Waals surface area (Å²) in [5.41, 5.74) is 5.79. The lowest BCUT2D eigenvalue weighted by molar-refractivity contribution is -0.141. The first-order valence-corrected chi connectivity index (χ1v) is 6.26. The fourth-order valence-electron chi connectivity index (χ4n) is 1.71. The number of thiocarbonyl (C=S) groups is 1. The number of nitrogens with zero attached hydrogens (tertiary/aromatic N) is 2. The lowest BCUT2D eigenvalue weighted by atomic mass is 10.1.